The second-order valence-electron chi connectivity index (χ2n) is 8.40. The number of furan rings is 1. The van der Waals surface area contributed by atoms with Gasteiger partial charge in [-0.25, -0.2) is 0 Å². The molecule has 0 spiro atoms. The zero-order chi connectivity index (χ0) is 25.2. The lowest BCUT2D eigenvalue weighted by atomic mass is 10.0. The van der Waals surface area contributed by atoms with Crippen molar-refractivity contribution >= 4 is 5.78 Å². The summed E-state index contributed by atoms with van der Waals surface area (Å²) in [5, 5.41) is 8.26. The van der Waals surface area contributed by atoms with Gasteiger partial charge < -0.3 is 27.8 Å². The second kappa shape index (κ2) is 9.87. The number of rotatable bonds is 10. The van der Waals surface area contributed by atoms with Crippen molar-refractivity contribution in [3.8, 4) is 40.0 Å². The molecular weight excluding hydrogens is 464 g/mol. The van der Waals surface area contributed by atoms with Crippen LogP contribution in [0.15, 0.2) is 57.4 Å². The second-order valence-corrected chi connectivity index (χ2v) is 8.40. The van der Waals surface area contributed by atoms with Crippen molar-refractivity contribution in [1.29, 1.82) is 0 Å². The van der Waals surface area contributed by atoms with E-state index in [2.05, 4.69) is 10.2 Å². The van der Waals surface area contributed by atoms with Crippen molar-refractivity contribution in [3.63, 3.8) is 0 Å². The summed E-state index contributed by atoms with van der Waals surface area (Å²) in [4.78, 5) is 13.3. The molecule has 0 N–H and O–H groups in total. The summed E-state index contributed by atoms with van der Waals surface area (Å²) in [6.07, 6.45) is 1.33. The van der Waals surface area contributed by atoms with Crippen molar-refractivity contribution < 1.29 is 32.6 Å². The summed E-state index contributed by atoms with van der Waals surface area (Å²) < 4.78 is 33.4. The Balaban J connectivity index is 1.37. The Morgan fingerprint density at radius 2 is 1.56 bits per heavy atom. The van der Waals surface area contributed by atoms with Gasteiger partial charge in [0.25, 0.3) is 0 Å². The van der Waals surface area contributed by atoms with Gasteiger partial charge in [0, 0.05) is 24.2 Å². The number of benzene rings is 2. The maximum atomic E-state index is 13.3. The van der Waals surface area contributed by atoms with E-state index in [0.717, 1.165) is 18.4 Å². The average molecular weight is 491 g/mol. The number of nitrogens with zero attached hydrogens (tertiary/aromatic N) is 2. The molecular formula is C27H26N2O7. The highest BCUT2D eigenvalue weighted by molar-refractivity contribution is 5.98. The molecule has 5 rings (SSSR count). The van der Waals surface area contributed by atoms with Crippen LogP contribution in [-0.2, 0) is 4.74 Å². The number of hydrogen-bond acceptors (Lipinski definition) is 9. The molecule has 0 aliphatic heterocycles. The van der Waals surface area contributed by atoms with Gasteiger partial charge in [-0.1, -0.05) is 12.1 Å². The van der Waals surface area contributed by atoms with Crippen LogP contribution in [0.3, 0.4) is 0 Å². The molecule has 0 saturated heterocycles. The van der Waals surface area contributed by atoms with Crippen LogP contribution in [0, 0.1) is 0 Å². The molecule has 0 radical (unpaired) electrons. The number of carbonyl (C=O) groups is 1. The van der Waals surface area contributed by atoms with Crippen LogP contribution < -0.4 is 14.2 Å². The molecule has 1 aliphatic carbocycles. The molecule has 2 heterocycles. The summed E-state index contributed by atoms with van der Waals surface area (Å²) in [5.41, 5.74) is 2.13. The van der Waals surface area contributed by atoms with Crippen molar-refractivity contribution in [2.24, 2.45) is 0 Å². The number of hydrogen-bond donors (Lipinski definition) is 0. The van der Waals surface area contributed by atoms with Crippen LogP contribution in [0.4, 0.5) is 0 Å². The van der Waals surface area contributed by atoms with E-state index >= 15 is 0 Å². The number of methoxy groups -OCH3 is 4. The van der Waals surface area contributed by atoms with Gasteiger partial charge in [0.15, 0.2) is 17.3 Å². The summed E-state index contributed by atoms with van der Waals surface area (Å²) in [7, 11) is 6.10. The van der Waals surface area contributed by atoms with E-state index in [9.17, 15) is 4.79 Å². The first-order chi connectivity index (χ1) is 17.6. The van der Waals surface area contributed by atoms with Crippen LogP contribution in [0.5, 0.6) is 17.2 Å². The monoisotopic (exact) mass is 490 g/mol. The van der Waals surface area contributed by atoms with E-state index in [-0.39, 0.29) is 11.5 Å². The fourth-order valence-corrected chi connectivity index (χ4v) is 4.02. The van der Waals surface area contributed by atoms with Gasteiger partial charge in [0.1, 0.15) is 11.9 Å². The predicted octanol–water partition coefficient (Wildman–Crippen LogP) is 5.47. The normalized spacial score (nSPS) is 13.9. The number of ether oxygens (including phenoxy) is 4. The van der Waals surface area contributed by atoms with Crippen LogP contribution >= 0.6 is 0 Å². The number of aromatic nitrogens is 2. The standard InChI is InChI=1S/C27H26N2O7/c1-31-21-13-18(14-22(32-2)25(21)34-4)19-11-12-20(35-19)23(30)24(33-3)15-5-7-16(8-6-15)26-28-29-27(36-26)17-9-10-17/h5-8,11-14,17,24H,9-10H2,1-4H3. The zero-order valence-electron chi connectivity index (χ0n) is 20.4. The van der Waals surface area contributed by atoms with Crippen LogP contribution in [0.1, 0.15) is 46.9 Å². The number of carbonyl (C=O) groups excluding carboxylic acids is 1. The minimum absolute atomic E-state index is 0.167. The molecule has 1 aliphatic rings. The lowest BCUT2D eigenvalue weighted by Crippen LogP contribution is -2.14. The van der Waals surface area contributed by atoms with Crippen molar-refractivity contribution in [3.05, 3.63) is 65.7 Å². The summed E-state index contributed by atoms with van der Waals surface area (Å²) in [5.74, 6) is 3.31. The van der Waals surface area contributed by atoms with Crippen molar-refractivity contribution in [1.82, 2.24) is 10.2 Å². The highest BCUT2D eigenvalue weighted by Crippen LogP contribution is 2.42. The molecule has 2 aromatic carbocycles. The fraction of sp³-hybridized carbons (Fsp3) is 0.296. The Kier molecular flexibility index (Phi) is 6.47. The third-order valence-electron chi connectivity index (χ3n) is 6.10. The molecule has 1 unspecified atom stereocenters. The smallest absolute Gasteiger partial charge is 0.247 e. The van der Waals surface area contributed by atoms with E-state index < -0.39 is 6.10 Å². The Bertz CT molecular complexity index is 1340. The first kappa shape index (κ1) is 23.6. The van der Waals surface area contributed by atoms with E-state index in [1.165, 1.54) is 28.4 Å². The van der Waals surface area contributed by atoms with Gasteiger partial charge in [-0.15, -0.1) is 10.2 Å². The molecule has 1 saturated carbocycles. The summed E-state index contributed by atoms with van der Waals surface area (Å²) >= 11 is 0. The molecule has 0 bridgehead atoms. The Morgan fingerprint density at radius 3 is 2.14 bits per heavy atom. The maximum Gasteiger partial charge on any atom is 0.247 e. The van der Waals surface area contributed by atoms with Crippen molar-refractivity contribution in [2.75, 3.05) is 28.4 Å². The molecule has 1 fully saturated rings. The maximum absolute atomic E-state index is 13.3. The summed E-state index contributed by atoms with van der Waals surface area (Å²) in [6, 6.07) is 14.2. The minimum Gasteiger partial charge on any atom is -0.493 e. The first-order valence-electron chi connectivity index (χ1n) is 11.5. The minimum atomic E-state index is -0.845. The Hall–Kier alpha value is -4.11. The highest BCUT2D eigenvalue weighted by Gasteiger charge is 2.30. The molecule has 0 amide bonds. The van der Waals surface area contributed by atoms with Crippen LogP contribution in [-0.4, -0.2) is 44.4 Å². The zero-order valence-corrected chi connectivity index (χ0v) is 20.4. The van der Waals surface area contributed by atoms with E-state index in [1.807, 2.05) is 24.3 Å². The largest absolute Gasteiger partial charge is 0.493 e. The van der Waals surface area contributed by atoms with Gasteiger partial charge in [0.05, 0.1) is 21.3 Å². The third kappa shape index (κ3) is 4.45. The molecule has 186 valence electrons. The van der Waals surface area contributed by atoms with Crippen molar-refractivity contribution in [2.45, 2.75) is 24.9 Å². The molecule has 1 atom stereocenters. The van der Waals surface area contributed by atoms with E-state index in [0.29, 0.717) is 51.8 Å². The lowest BCUT2D eigenvalue weighted by molar-refractivity contribution is 0.0577. The SMILES string of the molecule is COc1cc(-c2ccc(C(=O)C(OC)c3ccc(-c4nnc(C5CC5)o4)cc3)o2)cc(OC)c1OC. The van der Waals surface area contributed by atoms with Crippen LogP contribution in [0.2, 0.25) is 0 Å². The molecule has 9 heteroatoms. The Labute approximate surface area is 207 Å². The number of Topliss-reactive ketones (excluding diaryl/α,β-unsaturated/α-hetero) is 1. The first-order valence-corrected chi connectivity index (χ1v) is 11.5. The third-order valence-corrected chi connectivity index (χ3v) is 6.10. The Morgan fingerprint density at radius 1 is 0.861 bits per heavy atom. The fourth-order valence-electron chi connectivity index (χ4n) is 4.02. The quantitative estimate of drug-likeness (QED) is 0.267. The molecule has 36 heavy (non-hydrogen) atoms. The van der Waals surface area contributed by atoms with Gasteiger partial charge in [-0.05, 0) is 54.8 Å². The van der Waals surface area contributed by atoms with Gasteiger partial charge >= 0.3 is 0 Å². The van der Waals surface area contributed by atoms with Gasteiger partial charge in [-0.2, -0.15) is 0 Å². The predicted molar refractivity (Wildman–Crippen MR) is 130 cm³/mol. The lowest BCUT2D eigenvalue weighted by Gasteiger charge is -2.14. The number of ketones is 1. The van der Waals surface area contributed by atoms with Gasteiger partial charge in [0.2, 0.25) is 23.3 Å². The summed E-state index contributed by atoms with van der Waals surface area (Å²) in [6.45, 7) is 0. The van der Waals surface area contributed by atoms with E-state index in [4.69, 9.17) is 27.8 Å². The highest BCUT2D eigenvalue weighted by atomic mass is 16.5. The topological polar surface area (TPSA) is 106 Å². The average Bonchev–Trinajstić information content (AvgIpc) is 3.43. The molecule has 4 aromatic rings. The molecule has 2 aromatic heterocycles. The van der Waals surface area contributed by atoms with E-state index in [1.54, 1.807) is 24.3 Å². The van der Waals surface area contributed by atoms with Gasteiger partial charge in [-0.3, -0.25) is 4.79 Å². The van der Waals surface area contributed by atoms with Crippen LogP contribution in [0.25, 0.3) is 22.8 Å². The molecule has 9 nitrogen and oxygen atoms in total.